The van der Waals surface area contributed by atoms with Crippen LogP contribution in [-0.2, 0) is 0 Å². The maximum atomic E-state index is 3.90. The molecule has 0 atom stereocenters. The molecule has 0 aliphatic heterocycles. The number of rotatable bonds is 1. The first kappa shape index (κ1) is 18.7. The Labute approximate surface area is 151 Å². The minimum atomic E-state index is 1.28. The molecular formula is C25H28. The average molecular weight is 328 g/mol. The minimum absolute atomic E-state index is 1.28. The number of aryl methyl sites for hydroxylation is 1. The van der Waals surface area contributed by atoms with Gasteiger partial charge < -0.3 is 0 Å². The Hall–Kier alpha value is -2.60. The van der Waals surface area contributed by atoms with Crippen LogP contribution in [0.25, 0.3) is 38.4 Å². The number of hydrogen-bond acceptors (Lipinski definition) is 0. The lowest BCUT2D eigenvalue weighted by atomic mass is 9.91. The zero-order valence-corrected chi connectivity index (χ0v) is 16.1. The molecule has 0 aromatic heterocycles. The van der Waals surface area contributed by atoms with Gasteiger partial charge in [0.15, 0.2) is 0 Å². The van der Waals surface area contributed by atoms with Crippen LogP contribution in [-0.4, -0.2) is 0 Å². The molecule has 0 aliphatic carbocycles. The molecule has 25 heavy (non-hydrogen) atoms. The third-order valence-corrected chi connectivity index (χ3v) is 4.31. The summed E-state index contributed by atoms with van der Waals surface area (Å²) in [5.74, 6) is 0. The normalized spacial score (nSPS) is 11.0. The fourth-order valence-electron chi connectivity index (χ4n) is 3.47. The Morgan fingerprint density at radius 3 is 1.80 bits per heavy atom. The van der Waals surface area contributed by atoms with Crippen LogP contribution < -0.4 is 5.22 Å². The predicted octanol–water partition coefficient (Wildman–Crippen LogP) is 7.19. The van der Waals surface area contributed by atoms with Crippen molar-refractivity contribution in [1.82, 2.24) is 0 Å². The minimum Gasteiger partial charge on any atom is -0.0990 e. The summed E-state index contributed by atoms with van der Waals surface area (Å²) in [6, 6.07) is 19.7. The van der Waals surface area contributed by atoms with Crippen LogP contribution in [0.15, 0.2) is 67.3 Å². The van der Waals surface area contributed by atoms with Gasteiger partial charge in [0.2, 0.25) is 0 Å². The summed E-state index contributed by atoms with van der Waals surface area (Å²) in [4.78, 5) is 0. The molecule has 0 heteroatoms. The molecule has 0 nitrogen and oxygen atoms in total. The van der Waals surface area contributed by atoms with Crippen molar-refractivity contribution in [3.63, 3.8) is 0 Å². The Bertz CT molecular complexity index is 1050. The lowest BCUT2D eigenvalue weighted by molar-refractivity contribution is 1.50. The van der Waals surface area contributed by atoms with Crippen molar-refractivity contribution in [3.8, 4) is 0 Å². The molecule has 0 amide bonds. The van der Waals surface area contributed by atoms with Crippen LogP contribution in [0.1, 0.15) is 33.3 Å². The molecule has 0 spiro atoms. The molecule has 4 aromatic carbocycles. The fraction of sp³-hybridized carbons (Fsp3) is 0.200. The third-order valence-electron chi connectivity index (χ3n) is 4.31. The van der Waals surface area contributed by atoms with Gasteiger partial charge in [-0.1, -0.05) is 101 Å². The summed E-state index contributed by atoms with van der Waals surface area (Å²) in [7, 11) is 0. The molecule has 4 rings (SSSR count). The SMILES string of the molecule is C=C/C=c1/c2cccc3cccc(c4cccc(C)c14)c32.CC.CC. The molecule has 4 aromatic rings. The van der Waals surface area contributed by atoms with Crippen LogP contribution in [0.3, 0.4) is 0 Å². The summed E-state index contributed by atoms with van der Waals surface area (Å²) >= 11 is 0. The molecule has 0 heterocycles. The van der Waals surface area contributed by atoms with Crippen molar-refractivity contribution in [3.05, 3.63) is 78.0 Å². The monoisotopic (exact) mass is 328 g/mol. The first-order chi connectivity index (χ1) is 12.3. The van der Waals surface area contributed by atoms with E-state index in [0.717, 1.165) is 0 Å². The van der Waals surface area contributed by atoms with Crippen LogP contribution in [0.5, 0.6) is 0 Å². The molecule has 0 fully saturated rings. The van der Waals surface area contributed by atoms with E-state index in [9.17, 15) is 0 Å². The molecule has 0 N–H and O–H groups in total. The number of benzene rings is 4. The summed E-state index contributed by atoms with van der Waals surface area (Å²) in [6.07, 6.45) is 4.02. The Balaban J connectivity index is 0.000000528. The second kappa shape index (κ2) is 8.48. The maximum Gasteiger partial charge on any atom is -0.00264 e. The van der Waals surface area contributed by atoms with Gasteiger partial charge in [-0.3, -0.25) is 0 Å². The highest BCUT2D eigenvalue weighted by Gasteiger charge is 2.09. The van der Waals surface area contributed by atoms with E-state index in [0.29, 0.717) is 0 Å². The van der Waals surface area contributed by atoms with Gasteiger partial charge in [0.25, 0.3) is 0 Å². The van der Waals surface area contributed by atoms with Crippen molar-refractivity contribution in [1.29, 1.82) is 0 Å². The van der Waals surface area contributed by atoms with Crippen LogP contribution in [0, 0.1) is 6.92 Å². The number of hydrogen-bond donors (Lipinski definition) is 0. The largest absolute Gasteiger partial charge is 0.0990 e. The van der Waals surface area contributed by atoms with Gasteiger partial charge in [-0.25, -0.2) is 0 Å². The predicted molar refractivity (Wildman–Crippen MR) is 116 cm³/mol. The quantitative estimate of drug-likeness (QED) is 0.256. The first-order valence-electron chi connectivity index (χ1n) is 9.26. The van der Waals surface area contributed by atoms with Crippen molar-refractivity contribution >= 4 is 38.4 Å². The second-order valence-electron chi connectivity index (χ2n) is 5.52. The van der Waals surface area contributed by atoms with E-state index in [-0.39, 0.29) is 0 Å². The molecule has 0 saturated heterocycles. The van der Waals surface area contributed by atoms with Gasteiger partial charge in [-0.15, -0.1) is 0 Å². The Kier molecular flexibility index (Phi) is 6.36. The maximum absolute atomic E-state index is 3.90. The van der Waals surface area contributed by atoms with E-state index in [2.05, 4.69) is 74.2 Å². The summed E-state index contributed by atoms with van der Waals surface area (Å²) in [5.41, 5.74) is 1.31. The van der Waals surface area contributed by atoms with E-state index in [1.807, 2.05) is 33.8 Å². The summed E-state index contributed by atoms with van der Waals surface area (Å²) in [5, 5.41) is 9.24. The highest BCUT2D eigenvalue weighted by molar-refractivity contribution is 6.22. The van der Waals surface area contributed by atoms with Gasteiger partial charge in [0.05, 0.1) is 0 Å². The van der Waals surface area contributed by atoms with E-state index >= 15 is 0 Å². The lowest BCUT2D eigenvalue weighted by Gasteiger charge is -2.12. The van der Waals surface area contributed by atoms with Crippen molar-refractivity contribution in [2.45, 2.75) is 34.6 Å². The topological polar surface area (TPSA) is 0 Å². The summed E-state index contributed by atoms with van der Waals surface area (Å²) < 4.78 is 0. The van der Waals surface area contributed by atoms with E-state index < -0.39 is 0 Å². The molecule has 128 valence electrons. The molecule has 0 saturated carbocycles. The van der Waals surface area contributed by atoms with Crippen molar-refractivity contribution < 1.29 is 0 Å². The Morgan fingerprint density at radius 1 is 0.680 bits per heavy atom. The Morgan fingerprint density at radius 2 is 1.20 bits per heavy atom. The van der Waals surface area contributed by atoms with Gasteiger partial charge >= 0.3 is 0 Å². The van der Waals surface area contributed by atoms with Gasteiger partial charge in [-0.2, -0.15) is 0 Å². The smallest absolute Gasteiger partial charge is 0.00264 e. The van der Waals surface area contributed by atoms with E-state index in [4.69, 9.17) is 0 Å². The van der Waals surface area contributed by atoms with Crippen molar-refractivity contribution in [2.75, 3.05) is 0 Å². The third kappa shape index (κ3) is 3.17. The molecule has 0 radical (unpaired) electrons. The zero-order chi connectivity index (χ0) is 18.4. The molecule has 0 unspecified atom stereocenters. The molecular weight excluding hydrogens is 300 g/mol. The van der Waals surface area contributed by atoms with Gasteiger partial charge in [0.1, 0.15) is 0 Å². The summed E-state index contributed by atoms with van der Waals surface area (Å²) in [6.45, 7) is 14.1. The van der Waals surface area contributed by atoms with Gasteiger partial charge in [-0.05, 0) is 50.0 Å². The average Bonchev–Trinajstić information content (AvgIpc) is 2.68. The second-order valence-corrected chi connectivity index (χ2v) is 5.52. The number of fused-ring (bicyclic) bond motifs is 2. The first-order valence-corrected chi connectivity index (χ1v) is 9.26. The molecule has 0 bridgehead atoms. The standard InChI is InChI=1S/C21H16.2C2H6/c1-3-7-16-18-12-5-9-15-10-6-13-19(21(15)18)17-11-4-8-14(2)20(16)17;2*1-2/h3-13H,1H2,2H3;2*1-2H3/b16-7-;;. The van der Waals surface area contributed by atoms with Crippen LogP contribution in [0.4, 0.5) is 0 Å². The van der Waals surface area contributed by atoms with E-state index in [1.165, 1.54) is 43.1 Å². The van der Waals surface area contributed by atoms with Crippen LogP contribution >= 0.6 is 0 Å². The van der Waals surface area contributed by atoms with Crippen LogP contribution in [0.2, 0.25) is 0 Å². The lowest BCUT2D eigenvalue weighted by Crippen LogP contribution is -2.06. The van der Waals surface area contributed by atoms with Gasteiger partial charge in [0, 0.05) is 0 Å². The molecule has 0 aliphatic rings. The van der Waals surface area contributed by atoms with Crippen molar-refractivity contribution in [2.24, 2.45) is 0 Å². The zero-order valence-electron chi connectivity index (χ0n) is 16.1. The van der Waals surface area contributed by atoms with E-state index in [1.54, 1.807) is 0 Å². The number of allylic oxidation sites excluding steroid dienone is 1. The fourth-order valence-corrected chi connectivity index (χ4v) is 3.47. The highest BCUT2D eigenvalue weighted by Crippen LogP contribution is 2.31. The highest BCUT2D eigenvalue weighted by atomic mass is 14.1.